The van der Waals surface area contributed by atoms with Crippen molar-refractivity contribution in [2.24, 2.45) is 5.10 Å². The molecule has 36 heavy (non-hydrogen) atoms. The summed E-state index contributed by atoms with van der Waals surface area (Å²) in [5.74, 6) is -0.791. The van der Waals surface area contributed by atoms with Crippen LogP contribution in [0.4, 0.5) is 11.4 Å². The molecule has 0 aliphatic rings. The zero-order valence-corrected chi connectivity index (χ0v) is 21.8. The summed E-state index contributed by atoms with van der Waals surface area (Å²) in [6.07, 6.45) is 0. The van der Waals surface area contributed by atoms with Gasteiger partial charge in [0.2, 0.25) is 5.91 Å². The van der Waals surface area contributed by atoms with Crippen LogP contribution >= 0.6 is 0 Å². The average Bonchev–Trinajstić information content (AvgIpc) is 2.82. The number of carbonyl (C=O) groups is 2. The lowest BCUT2D eigenvalue weighted by Gasteiger charge is -2.25. The van der Waals surface area contributed by atoms with Crippen LogP contribution in [0.5, 0.6) is 0 Å². The highest BCUT2D eigenvalue weighted by molar-refractivity contribution is 7.92. The van der Waals surface area contributed by atoms with Gasteiger partial charge in [0.05, 0.1) is 16.3 Å². The van der Waals surface area contributed by atoms with Crippen LogP contribution in [0.2, 0.25) is 0 Å². The third-order valence-corrected chi connectivity index (χ3v) is 7.25. The number of amides is 2. The van der Waals surface area contributed by atoms with Crippen molar-refractivity contribution in [1.82, 2.24) is 5.43 Å². The van der Waals surface area contributed by atoms with Crippen molar-refractivity contribution in [1.29, 1.82) is 0 Å². The predicted molar refractivity (Wildman–Crippen MR) is 143 cm³/mol. The summed E-state index contributed by atoms with van der Waals surface area (Å²) in [7, 11) is -4.03. The van der Waals surface area contributed by atoms with Gasteiger partial charge in [0.25, 0.3) is 15.9 Å². The molecule has 3 aromatic rings. The molecule has 9 heteroatoms. The summed E-state index contributed by atoms with van der Waals surface area (Å²) in [5.41, 5.74) is 7.20. The Morgan fingerprint density at radius 3 is 2.22 bits per heavy atom. The molecule has 0 spiro atoms. The Balaban J connectivity index is 1.89. The normalized spacial score (nSPS) is 11.6. The van der Waals surface area contributed by atoms with Crippen LogP contribution in [-0.4, -0.2) is 32.5 Å². The van der Waals surface area contributed by atoms with Crippen molar-refractivity contribution in [2.45, 2.75) is 39.5 Å². The Bertz CT molecular complexity index is 1410. The molecular weight excluding hydrogens is 476 g/mol. The fourth-order valence-electron chi connectivity index (χ4n) is 3.53. The maximum absolute atomic E-state index is 13.6. The van der Waals surface area contributed by atoms with E-state index in [4.69, 9.17) is 0 Å². The van der Waals surface area contributed by atoms with Gasteiger partial charge in [-0.25, -0.2) is 13.8 Å². The van der Waals surface area contributed by atoms with Gasteiger partial charge in [0.15, 0.2) is 0 Å². The van der Waals surface area contributed by atoms with E-state index in [1.807, 2.05) is 26.0 Å². The van der Waals surface area contributed by atoms with E-state index in [0.717, 1.165) is 21.0 Å². The molecule has 0 aliphatic heterocycles. The van der Waals surface area contributed by atoms with E-state index in [1.165, 1.54) is 19.1 Å². The first-order valence-electron chi connectivity index (χ1n) is 11.3. The van der Waals surface area contributed by atoms with Crippen molar-refractivity contribution in [3.63, 3.8) is 0 Å². The molecule has 188 valence electrons. The molecule has 0 bridgehead atoms. The molecule has 0 atom stereocenters. The van der Waals surface area contributed by atoms with Crippen LogP contribution in [0.1, 0.15) is 36.1 Å². The zero-order chi connectivity index (χ0) is 26.5. The molecular formula is C27H30N4O4S. The summed E-state index contributed by atoms with van der Waals surface area (Å²) in [6.45, 7) is 8.21. The number of nitrogens with zero attached hydrogens (tertiary/aromatic N) is 2. The van der Waals surface area contributed by atoms with E-state index in [-0.39, 0.29) is 10.8 Å². The minimum absolute atomic E-state index is 0.0938. The van der Waals surface area contributed by atoms with Crippen molar-refractivity contribution in [3.05, 3.63) is 89.0 Å². The van der Waals surface area contributed by atoms with Crippen molar-refractivity contribution in [2.75, 3.05) is 16.2 Å². The van der Waals surface area contributed by atoms with Crippen LogP contribution in [0, 0.1) is 20.8 Å². The highest BCUT2D eigenvalue weighted by atomic mass is 32.2. The van der Waals surface area contributed by atoms with Crippen LogP contribution in [0.25, 0.3) is 0 Å². The first-order chi connectivity index (χ1) is 17.0. The van der Waals surface area contributed by atoms with Gasteiger partial charge in [-0.2, -0.15) is 5.10 Å². The van der Waals surface area contributed by atoms with Gasteiger partial charge in [-0.05, 0) is 74.7 Å². The van der Waals surface area contributed by atoms with E-state index in [2.05, 4.69) is 15.8 Å². The van der Waals surface area contributed by atoms with Gasteiger partial charge in [0, 0.05) is 12.6 Å². The van der Waals surface area contributed by atoms with E-state index in [1.54, 1.807) is 56.3 Å². The molecule has 0 unspecified atom stereocenters. The topological polar surface area (TPSA) is 108 Å². The number of benzene rings is 3. The summed E-state index contributed by atoms with van der Waals surface area (Å²) in [5, 5.41) is 6.85. The number of anilines is 2. The molecule has 3 rings (SSSR count). The maximum atomic E-state index is 13.6. The van der Waals surface area contributed by atoms with Crippen molar-refractivity contribution < 1.29 is 18.0 Å². The van der Waals surface area contributed by atoms with Gasteiger partial charge in [0.1, 0.15) is 6.54 Å². The number of rotatable bonds is 8. The fourth-order valence-corrected chi connectivity index (χ4v) is 5.00. The van der Waals surface area contributed by atoms with Gasteiger partial charge in [-0.1, -0.05) is 42.0 Å². The molecule has 3 aromatic carbocycles. The lowest BCUT2D eigenvalue weighted by molar-refractivity contribution is -0.119. The minimum atomic E-state index is -4.03. The smallest absolute Gasteiger partial charge is 0.264 e. The Hall–Kier alpha value is -3.98. The third-order valence-electron chi connectivity index (χ3n) is 5.48. The second-order valence-corrected chi connectivity index (χ2v) is 10.5. The number of hydrogen-bond donors (Lipinski definition) is 2. The van der Waals surface area contributed by atoms with Crippen LogP contribution in [0.15, 0.2) is 76.7 Å². The molecule has 2 N–H and O–H groups in total. The highest BCUT2D eigenvalue weighted by Crippen LogP contribution is 2.28. The first-order valence-corrected chi connectivity index (χ1v) is 12.8. The number of aryl methyl sites for hydroxylation is 3. The molecule has 0 saturated carbocycles. The highest BCUT2D eigenvalue weighted by Gasteiger charge is 2.28. The Labute approximate surface area is 212 Å². The quantitative estimate of drug-likeness (QED) is 0.351. The first kappa shape index (κ1) is 26.6. The van der Waals surface area contributed by atoms with Gasteiger partial charge in [-0.3, -0.25) is 13.9 Å². The Morgan fingerprint density at radius 2 is 1.56 bits per heavy atom. The van der Waals surface area contributed by atoms with Crippen molar-refractivity contribution >= 4 is 38.9 Å². The molecule has 2 amide bonds. The summed E-state index contributed by atoms with van der Waals surface area (Å²) >= 11 is 0. The van der Waals surface area contributed by atoms with Crippen LogP contribution in [-0.2, 0) is 19.6 Å². The summed E-state index contributed by atoms with van der Waals surface area (Å²) < 4.78 is 28.3. The predicted octanol–water partition coefficient (Wildman–Crippen LogP) is 4.31. The fraction of sp³-hybridized carbons (Fsp3) is 0.222. The average molecular weight is 507 g/mol. The second kappa shape index (κ2) is 11.2. The van der Waals surface area contributed by atoms with E-state index in [0.29, 0.717) is 22.6 Å². The molecule has 0 heterocycles. The lowest BCUT2D eigenvalue weighted by Crippen LogP contribution is -2.40. The van der Waals surface area contributed by atoms with Crippen LogP contribution < -0.4 is 15.0 Å². The second-order valence-electron chi connectivity index (χ2n) is 8.61. The lowest BCUT2D eigenvalue weighted by atomic mass is 10.1. The zero-order valence-electron chi connectivity index (χ0n) is 21.0. The number of hydrazone groups is 1. The minimum Gasteiger partial charge on any atom is -0.326 e. The summed E-state index contributed by atoms with van der Waals surface area (Å²) in [4.78, 5) is 24.3. The van der Waals surface area contributed by atoms with E-state index >= 15 is 0 Å². The number of hydrogen-bond acceptors (Lipinski definition) is 5. The van der Waals surface area contributed by atoms with E-state index < -0.39 is 22.5 Å². The molecule has 0 radical (unpaired) electrons. The number of sulfonamides is 1. The van der Waals surface area contributed by atoms with Gasteiger partial charge < -0.3 is 5.32 Å². The monoisotopic (exact) mass is 506 g/mol. The largest absolute Gasteiger partial charge is 0.326 e. The van der Waals surface area contributed by atoms with Crippen LogP contribution in [0.3, 0.4) is 0 Å². The Morgan fingerprint density at radius 1 is 0.889 bits per heavy atom. The number of carbonyl (C=O) groups excluding carboxylic acids is 2. The van der Waals surface area contributed by atoms with Crippen molar-refractivity contribution in [3.8, 4) is 0 Å². The standard InChI is InChI=1S/C27H30N4O4S/c1-18-10-13-25(14-11-18)36(34,35)31(26-15-19(2)9-12-20(26)3)17-27(33)30-29-21(4)23-7-6-8-24(16-23)28-22(5)32/h6-16H,17H2,1-5H3,(H,28,32)(H,30,33). The third kappa shape index (κ3) is 6.57. The summed E-state index contributed by atoms with van der Waals surface area (Å²) in [6, 6.07) is 19.0. The Kier molecular flexibility index (Phi) is 8.26. The van der Waals surface area contributed by atoms with E-state index in [9.17, 15) is 18.0 Å². The SMILES string of the molecule is CC(=O)Nc1cccc(C(C)=NNC(=O)CN(c2cc(C)ccc2C)S(=O)(=O)c2ccc(C)cc2)c1. The molecule has 8 nitrogen and oxygen atoms in total. The molecule has 0 fully saturated rings. The van der Waals surface area contributed by atoms with Gasteiger partial charge >= 0.3 is 0 Å². The molecule has 0 aliphatic carbocycles. The maximum Gasteiger partial charge on any atom is 0.264 e. The number of nitrogens with one attached hydrogen (secondary N) is 2. The molecule has 0 aromatic heterocycles. The molecule has 0 saturated heterocycles. The van der Waals surface area contributed by atoms with Gasteiger partial charge in [-0.15, -0.1) is 0 Å².